The Morgan fingerprint density at radius 2 is 1.88 bits per heavy atom. The van der Waals surface area contributed by atoms with E-state index in [1.807, 2.05) is 0 Å². The molecule has 88 valence electrons. The van der Waals surface area contributed by atoms with E-state index in [9.17, 15) is 18.0 Å². The highest BCUT2D eigenvalue weighted by Gasteiger charge is 2.14. The van der Waals surface area contributed by atoms with Crippen molar-refractivity contribution in [1.82, 2.24) is 5.32 Å². The average Bonchev–Trinajstić information content (AvgIpc) is 2.21. The molecule has 1 atom stereocenters. The van der Waals surface area contributed by atoms with Gasteiger partial charge in [-0.05, 0) is 19.1 Å². The Labute approximate surface area is 89.9 Å². The van der Waals surface area contributed by atoms with Gasteiger partial charge in [-0.25, -0.2) is 13.2 Å². The first-order valence-corrected chi connectivity index (χ1v) is 4.52. The van der Waals surface area contributed by atoms with Crippen LogP contribution in [0.5, 0.6) is 0 Å². The van der Waals surface area contributed by atoms with Gasteiger partial charge in [0, 0.05) is 12.1 Å². The molecule has 1 aromatic rings. The van der Waals surface area contributed by atoms with Gasteiger partial charge in [0.2, 0.25) is 0 Å². The molecule has 0 radical (unpaired) electrons. The largest absolute Gasteiger partial charge is 0.392 e. The number of benzene rings is 1. The molecule has 1 unspecified atom stereocenters. The van der Waals surface area contributed by atoms with Crippen LogP contribution in [-0.4, -0.2) is 23.7 Å². The fourth-order valence-electron chi connectivity index (χ4n) is 1.03. The van der Waals surface area contributed by atoms with Crippen LogP contribution in [0.25, 0.3) is 0 Å². The normalized spacial score (nSPS) is 12.3. The van der Waals surface area contributed by atoms with E-state index < -0.39 is 29.5 Å². The van der Waals surface area contributed by atoms with Crippen LogP contribution in [0.4, 0.5) is 13.2 Å². The fraction of sp³-hybridized carbons (Fsp3) is 0.300. The van der Waals surface area contributed by atoms with Crippen LogP contribution in [0.15, 0.2) is 12.1 Å². The number of rotatable bonds is 3. The molecule has 0 aliphatic rings. The SMILES string of the molecule is CC(O)CNC(=O)c1cc(F)c(F)c(F)c1. The number of amides is 1. The summed E-state index contributed by atoms with van der Waals surface area (Å²) < 4.78 is 38.1. The van der Waals surface area contributed by atoms with Crippen molar-refractivity contribution in [2.75, 3.05) is 6.54 Å². The summed E-state index contributed by atoms with van der Waals surface area (Å²) >= 11 is 0. The summed E-state index contributed by atoms with van der Waals surface area (Å²) in [4.78, 5) is 11.3. The molecular weight excluding hydrogens is 223 g/mol. The molecule has 0 saturated carbocycles. The molecule has 0 aliphatic heterocycles. The maximum absolute atomic E-state index is 12.8. The second-order valence-electron chi connectivity index (χ2n) is 3.31. The first kappa shape index (κ1) is 12.5. The highest BCUT2D eigenvalue weighted by atomic mass is 19.2. The molecule has 0 aromatic heterocycles. The molecule has 0 fully saturated rings. The van der Waals surface area contributed by atoms with E-state index in [1.165, 1.54) is 6.92 Å². The van der Waals surface area contributed by atoms with Gasteiger partial charge < -0.3 is 10.4 Å². The molecule has 0 bridgehead atoms. The Bertz CT molecular complexity index is 384. The lowest BCUT2D eigenvalue weighted by Gasteiger charge is -2.07. The number of halogens is 3. The van der Waals surface area contributed by atoms with Crippen LogP contribution in [0, 0.1) is 17.5 Å². The Morgan fingerprint density at radius 1 is 1.38 bits per heavy atom. The summed E-state index contributed by atoms with van der Waals surface area (Å²) in [6.45, 7) is 1.38. The Kier molecular flexibility index (Phi) is 3.89. The molecule has 0 heterocycles. The fourth-order valence-corrected chi connectivity index (χ4v) is 1.03. The monoisotopic (exact) mass is 233 g/mol. The molecule has 16 heavy (non-hydrogen) atoms. The van der Waals surface area contributed by atoms with Gasteiger partial charge in [-0.3, -0.25) is 4.79 Å². The number of nitrogens with one attached hydrogen (secondary N) is 1. The third kappa shape index (κ3) is 2.96. The second kappa shape index (κ2) is 4.98. The van der Waals surface area contributed by atoms with E-state index in [0.29, 0.717) is 12.1 Å². The van der Waals surface area contributed by atoms with Crippen LogP contribution in [-0.2, 0) is 0 Å². The summed E-state index contributed by atoms with van der Waals surface area (Å²) in [5.74, 6) is -5.25. The smallest absolute Gasteiger partial charge is 0.251 e. The van der Waals surface area contributed by atoms with Crippen molar-refractivity contribution in [3.05, 3.63) is 35.1 Å². The van der Waals surface area contributed by atoms with Gasteiger partial charge >= 0.3 is 0 Å². The maximum atomic E-state index is 12.8. The van der Waals surface area contributed by atoms with Crippen LogP contribution in [0.1, 0.15) is 17.3 Å². The third-order valence-corrected chi connectivity index (χ3v) is 1.80. The van der Waals surface area contributed by atoms with Gasteiger partial charge in [0.1, 0.15) is 0 Å². The lowest BCUT2D eigenvalue weighted by molar-refractivity contribution is 0.0923. The Morgan fingerprint density at radius 3 is 2.31 bits per heavy atom. The average molecular weight is 233 g/mol. The number of carbonyl (C=O) groups excluding carboxylic acids is 1. The molecule has 2 N–H and O–H groups in total. The number of carbonyl (C=O) groups is 1. The second-order valence-corrected chi connectivity index (χ2v) is 3.31. The summed E-state index contributed by atoms with van der Waals surface area (Å²) in [5.41, 5.74) is -0.336. The zero-order valence-electron chi connectivity index (χ0n) is 8.43. The summed E-state index contributed by atoms with van der Waals surface area (Å²) in [5, 5.41) is 11.1. The predicted molar refractivity (Wildman–Crippen MR) is 50.3 cm³/mol. The van der Waals surface area contributed by atoms with Crippen molar-refractivity contribution >= 4 is 5.91 Å². The third-order valence-electron chi connectivity index (χ3n) is 1.80. The van der Waals surface area contributed by atoms with Gasteiger partial charge in [-0.15, -0.1) is 0 Å². The van der Waals surface area contributed by atoms with Crippen LogP contribution >= 0.6 is 0 Å². The minimum absolute atomic E-state index is 0.0561. The van der Waals surface area contributed by atoms with Crippen molar-refractivity contribution in [3.63, 3.8) is 0 Å². The molecule has 0 aliphatic carbocycles. The number of aliphatic hydroxyl groups excluding tert-OH is 1. The standard InChI is InChI=1S/C10H10F3NO2/c1-5(15)4-14-10(16)6-2-7(11)9(13)8(12)3-6/h2-3,5,15H,4H2,1H3,(H,14,16). The van der Waals surface area contributed by atoms with E-state index in [4.69, 9.17) is 5.11 Å². The van der Waals surface area contributed by atoms with Crippen molar-refractivity contribution < 1.29 is 23.1 Å². The van der Waals surface area contributed by atoms with Crippen LogP contribution < -0.4 is 5.32 Å². The minimum atomic E-state index is -1.62. The molecule has 6 heteroatoms. The molecular formula is C10H10F3NO2. The molecule has 0 spiro atoms. The maximum Gasteiger partial charge on any atom is 0.251 e. The number of hydrogen-bond acceptors (Lipinski definition) is 2. The quantitative estimate of drug-likeness (QED) is 0.771. The lowest BCUT2D eigenvalue weighted by Crippen LogP contribution is -2.30. The molecule has 1 aromatic carbocycles. The van der Waals surface area contributed by atoms with Gasteiger partial charge in [0.25, 0.3) is 5.91 Å². The highest BCUT2D eigenvalue weighted by Crippen LogP contribution is 2.13. The first-order chi connectivity index (χ1) is 7.41. The van der Waals surface area contributed by atoms with E-state index in [-0.39, 0.29) is 12.1 Å². The number of aliphatic hydroxyl groups is 1. The lowest BCUT2D eigenvalue weighted by atomic mass is 10.2. The van der Waals surface area contributed by atoms with Gasteiger partial charge in [-0.2, -0.15) is 0 Å². The topological polar surface area (TPSA) is 49.3 Å². The van der Waals surface area contributed by atoms with Gasteiger partial charge in [-0.1, -0.05) is 0 Å². The molecule has 1 rings (SSSR count). The van der Waals surface area contributed by atoms with E-state index >= 15 is 0 Å². The minimum Gasteiger partial charge on any atom is -0.392 e. The summed E-state index contributed by atoms with van der Waals surface area (Å²) in [6.07, 6.45) is -0.779. The van der Waals surface area contributed by atoms with E-state index in [2.05, 4.69) is 5.32 Å². The van der Waals surface area contributed by atoms with Crippen molar-refractivity contribution in [3.8, 4) is 0 Å². The highest BCUT2D eigenvalue weighted by molar-refractivity contribution is 5.94. The summed E-state index contributed by atoms with van der Waals surface area (Å²) in [7, 11) is 0. The van der Waals surface area contributed by atoms with E-state index in [1.54, 1.807) is 0 Å². The Balaban J connectivity index is 2.84. The van der Waals surface area contributed by atoms with E-state index in [0.717, 1.165) is 0 Å². The van der Waals surface area contributed by atoms with Crippen LogP contribution in [0.2, 0.25) is 0 Å². The summed E-state index contributed by atoms with van der Waals surface area (Å²) in [6, 6.07) is 1.19. The van der Waals surface area contributed by atoms with Crippen molar-refractivity contribution in [1.29, 1.82) is 0 Å². The molecule has 3 nitrogen and oxygen atoms in total. The molecule has 1 amide bonds. The van der Waals surface area contributed by atoms with Crippen molar-refractivity contribution in [2.24, 2.45) is 0 Å². The predicted octanol–water partition coefficient (Wildman–Crippen LogP) is 1.21. The first-order valence-electron chi connectivity index (χ1n) is 4.52. The zero-order chi connectivity index (χ0) is 12.3. The van der Waals surface area contributed by atoms with Gasteiger partial charge in [0.15, 0.2) is 17.5 Å². The molecule has 0 saturated heterocycles. The van der Waals surface area contributed by atoms with Crippen molar-refractivity contribution in [2.45, 2.75) is 13.0 Å². The zero-order valence-corrected chi connectivity index (χ0v) is 8.43. The number of hydrogen-bond donors (Lipinski definition) is 2. The van der Waals surface area contributed by atoms with Crippen LogP contribution in [0.3, 0.4) is 0 Å². The van der Waals surface area contributed by atoms with Gasteiger partial charge in [0.05, 0.1) is 6.10 Å². The Hall–Kier alpha value is -1.56.